The molecule has 0 aliphatic heterocycles. The lowest BCUT2D eigenvalue weighted by molar-refractivity contribution is 0.128. The fourth-order valence-corrected chi connectivity index (χ4v) is 2.67. The summed E-state index contributed by atoms with van der Waals surface area (Å²) in [5.41, 5.74) is 2.20. The van der Waals surface area contributed by atoms with Gasteiger partial charge >= 0.3 is 0 Å². The summed E-state index contributed by atoms with van der Waals surface area (Å²) in [5.74, 6) is 2.40. The molecule has 28 heavy (non-hydrogen) atoms. The van der Waals surface area contributed by atoms with Gasteiger partial charge in [0.05, 0.1) is 12.1 Å². The zero-order valence-electron chi connectivity index (χ0n) is 17.7. The van der Waals surface area contributed by atoms with E-state index in [1.165, 1.54) is 5.56 Å². The van der Waals surface area contributed by atoms with E-state index in [9.17, 15) is 0 Å². The van der Waals surface area contributed by atoms with Crippen LogP contribution < -0.4 is 15.5 Å². The molecule has 0 spiro atoms. The maximum absolute atomic E-state index is 5.64. The molecule has 2 N–H and O–H groups in total. The highest BCUT2D eigenvalue weighted by Crippen LogP contribution is 2.21. The van der Waals surface area contributed by atoms with Crippen LogP contribution in [0.3, 0.4) is 0 Å². The first-order valence-electron chi connectivity index (χ1n) is 9.59. The summed E-state index contributed by atoms with van der Waals surface area (Å²) >= 11 is 0. The molecule has 1 aromatic carbocycles. The second-order valence-corrected chi connectivity index (χ2v) is 7.20. The van der Waals surface area contributed by atoms with E-state index in [1.807, 2.05) is 37.2 Å². The van der Waals surface area contributed by atoms with Crippen molar-refractivity contribution in [3.63, 3.8) is 0 Å². The number of aliphatic imine (C=N–C) groups is 1. The molecular weight excluding hydrogens is 465 g/mol. The van der Waals surface area contributed by atoms with Crippen molar-refractivity contribution in [3.8, 4) is 0 Å². The van der Waals surface area contributed by atoms with Crippen LogP contribution in [0.5, 0.6) is 0 Å². The van der Waals surface area contributed by atoms with Crippen molar-refractivity contribution in [1.82, 2.24) is 15.6 Å². The van der Waals surface area contributed by atoms with Crippen LogP contribution in [0.4, 0.5) is 5.82 Å². The molecule has 156 valence electrons. The van der Waals surface area contributed by atoms with Gasteiger partial charge in [-0.25, -0.2) is 4.98 Å². The lowest BCUT2D eigenvalue weighted by Gasteiger charge is -2.17. The van der Waals surface area contributed by atoms with Crippen molar-refractivity contribution in [2.75, 3.05) is 45.8 Å². The normalized spacial score (nSPS) is 11.4. The summed E-state index contributed by atoms with van der Waals surface area (Å²) in [6.07, 6.45) is 1.09. The van der Waals surface area contributed by atoms with E-state index in [1.54, 1.807) is 7.05 Å². The minimum Gasteiger partial charge on any atom is -0.380 e. The number of nitrogens with zero attached hydrogens (tertiary/aromatic N) is 3. The van der Waals surface area contributed by atoms with Crippen molar-refractivity contribution in [3.05, 3.63) is 35.9 Å². The Bertz CT molecular complexity index is 749. The fourth-order valence-electron chi connectivity index (χ4n) is 2.67. The third-order valence-corrected chi connectivity index (χ3v) is 4.29. The van der Waals surface area contributed by atoms with Gasteiger partial charge in [0.2, 0.25) is 0 Å². The number of ether oxygens (including phenoxy) is 1. The van der Waals surface area contributed by atoms with Gasteiger partial charge in [0, 0.05) is 46.2 Å². The SMILES string of the molecule is CN=C(NCCOCCC(C)C)NCc1cc(N(C)C)nc2ccccc12.I. The fraction of sp³-hybridized carbons (Fsp3) is 0.524. The van der Waals surface area contributed by atoms with E-state index in [4.69, 9.17) is 9.72 Å². The van der Waals surface area contributed by atoms with Crippen molar-refractivity contribution < 1.29 is 4.74 Å². The Kier molecular flexibility index (Phi) is 11.1. The number of nitrogens with one attached hydrogen (secondary N) is 2. The molecule has 0 radical (unpaired) electrons. The molecule has 1 aromatic heterocycles. The molecule has 6 nitrogen and oxygen atoms in total. The Balaban J connectivity index is 0.00000392. The summed E-state index contributed by atoms with van der Waals surface area (Å²) in [7, 11) is 5.80. The van der Waals surface area contributed by atoms with Crippen LogP contribution >= 0.6 is 24.0 Å². The van der Waals surface area contributed by atoms with Crippen LogP contribution in [0, 0.1) is 5.92 Å². The summed E-state index contributed by atoms with van der Waals surface area (Å²) < 4.78 is 5.64. The molecule has 0 saturated heterocycles. The minimum absolute atomic E-state index is 0. The number of para-hydroxylation sites is 1. The molecule has 7 heteroatoms. The Morgan fingerprint density at radius 1 is 1.18 bits per heavy atom. The predicted octanol–water partition coefficient (Wildman–Crippen LogP) is 3.65. The zero-order chi connectivity index (χ0) is 19.6. The minimum atomic E-state index is 0. The molecule has 2 aromatic rings. The number of hydrogen-bond acceptors (Lipinski definition) is 4. The highest BCUT2D eigenvalue weighted by molar-refractivity contribution is 14.0. The van der Waals surface area contributed by atoms with E-state index in [0.29, 0.717) is 19.1 Å². The number of benzene rings is 1. The van der Waals surface area contributed by atoms with Gasteiger partial charge in [0.25, 0.3) is 0 Å². The Morgan fingerprint density at radius 2 is 1.93 bits per heavy atom. The standard InChI is InChI=1S/C21H33N5O.HI/c1-16(2)10-12-27-13-11-23-21(22-3)24-15-17-14-20(26(4)5)25-19-9-7-6-8-18(17)19;/h6-9,14,16H,10-13,15H2,1-5H3,(H2,22,23,24);1H. The van der Waals surface area contributed by atoms with Gasteiger partial charge in [0.15, 0.2) is 5.96 Å². The topological polar surface area (TPSA) is 61.8 Å². The molecular formula is C21H34IN5O. The van der Waals surface area contributed by atoms with Crippen LogP contribution in [0.1, 0.15) is 25.8 Å². The number of pyridine rings is 1. The summed E-state index contributed by atoms with van der Waals surface area (Å²) in [5, 5.41) is 7.85. The Labute approximate surface area is 186 Å². The van der Waals surface area contributed by atoms with Crippen LogP contribution in [-0.2, 0) is 11.3 Å². The monoisotopic (exact) mass is 499 g/mol. The highest BCUT2D eigenvalue weighted by Gasteiger charge is 2.08. The second kappa shape index (κ2) is 12.8. The number of rotatable bonds is 9. The van der Waals surface area contributed by atoms with Gasteiger partial charge in [-0.15, -0.1) is 24.0 Å². The molecule has 0 bridgehead atoms. The van der Waals surface area contributed by atoms with Gasteiger partial charge < -0.3 is 20.3 Å². The van der Waals surface area contributed by atoms with Gasteiger partial charge in [-0.3, -0.25) is 4.99 Å². The van der Waals surface area contributed by atoms with Gasteiger partial charge in [-0.2, -0.15) is 0 Å². The van der Waals surface area contributed by atoms with Gasteiger partial charge in [0.1, 0.15) is 5.82 Å². The van der Waals surface area contributed by atoms with Crippen molar-refractivity contribution >= 4 is 46.7 Å². The number of halogens is 1. The molecule has 2 rings (SSSR count). The van der Waals surface area contributed by atoms with Crippen LogP contribution in [0.2, 0.25) is 0 Å². The van der Waals surface area contributed by atoms with E-state index >= 15 is 0 Å². The first-order valence-corrected chi connectivity index (χ1v) is 9.59. The summed E-state index contributed by atoms with van der Waals surface area (Å²) in [4.78, 5) is 11.0. The quantitative estimate of drug-likeness (QED) is 0.239. The lowest BCUT2D eigenvalue weighted by atomic mass is 10.1. The zero-order valence-corrected chi connectivity index (χ0v) is 20.0. The Hall–Kier alpha value is -1.61. The number of fused-ring (bicyclic) bond motifs is 1. The second-order valence-electron chi connectivity index (χ2n) is 7.20. The third kappa shape index (κ3) is 7.79. The van der Waals surface area contributed by atoms with E-state index < -0.39 is 0 Å². The number of hydrogen-bond donors (Lipinski definition) is 2. The molecule has 0 atom stereocenters. The largest absolute Gasteiger partial charge is 0.380 e. The van der Waals surface area contributed by atoms with Crippen molar-refractivity contribution in [2.24, 2.45) is 10.9 Å². The molecule has 0 aliphatic rings. The third-order valence-electron chi connectivity index (χ3n) is 4.29. The lowest BCUT2D eigenvalue weighted by Crippen LogP contribution is -2.38. The molecule has 0 fully saturated rings. The molecule has 0 aliphatic carbocycles. The highest BCUT2D eigenvalue weighted by atomic mass is 127. The average Bonchev–Trinajstić information content (AvgIpc) is 2.66. The van der Waals surface area contributed by atoms with Gasteiger partial charge in [-0.1, -0.05) is 32.0 Å². The number of guanidine groups is 1. The molecule has 0 saturated carbocycles. The first kappa shape index (κ1) is 24.4. The first-order chi connectivity index (χ1) is 13.0. The van der Waals surface area contributed by atoms with E-state index in [2.05, 4.69) is 41.6 Å². The molecule has 1 heterocycles. The summed E-state index contributed by atoms with van der Waals surface area (Å²) in [6, 6.07) is 10.3. The smallest absolute Gasteiger partial charge is 0.191 e. The van der Waals surface area contributed by atoms with E-state index in [0.717, 1.165) is 42.3 Å². The van der Waals surface area contributed by atoms with Gasteiger partial charge in [-0.05, 0) is 30.0 Å². The number of aromatic nitrogens is 1. The Morgan fingerprint density at radius 3 is 2.61 bits per heavy atom. The van der Waals surface area contributed by atoms with Crippen LogP contribution in [-0.4, -0.2) is 51.8 Å². The van der Waals surface area contributed by atoms with Crippen LogP contribution in [0.25, 0.3) is 10.9 Å². The van der Waals surface area contributed by atoms with Crippen molar-refractivity contribution in [2.45, 2.75) is 26.8 Å². The van der Waals surface area contributed by atoms with E-state index in [-0.39, 0.29) is 24.0 Å². The maximum atomic E-state index is 5.64. The number of anilines is 1. The molecule has 0 unspecified atom stereocenters. The molecule has 0 amide bonds. The predicted molar refractivity (Wildman–Crippen MR) is 130 cm³/mol. The maximum Gasteiger partial charge on any atom is 0.191 e. The van der Waals surface area contributed by atoms with Crippen LogP contribution in [0.15, 0.2) is 35.3 Å². The summed E-state index contributed by atoms with van der Waals surface area (Å²) in [6.45, 7) is 7.31. The average molecular weight is 499 g/mol. The van der Waals surface area contributed by atoms with Crippen molar-refractivity contribution in [1.29, 1.82) is 0 Å².